The zero-order valence-electron chi connectivity index (χ0n) is 7.39. The van der Waals surface area contributed by atoms with Crippen LogP contribution in [0.15, 0.2) is 22.4 Å². The minimum absolute atomic E-state index is 0.0862. The van der Waals surface area contributed by atoms with Gasteiger partial charge in [-0.1, -0.05) is 0 Å². The molecule has 0 aromatic rings. The first kappa shape index (κ1) is 8.71. The molecule has 0 bridgehead atoms. The first-order chi connectivity index (χ1) is 5.46. The molecule has 0 heterocycles. The maximum Gasteiger partial charge on any atom is 0.205 e. The molecule has 0 radical (unpaired) electrons. The molecule has 0 spiro atoms. The number of hydrogen-bond donors (Lipinski definition) is 1. The number of hydrogen-bond acceptors (Lipinski definition) is 3. The van der Waals surface area contributed by atoms with Crippen molar-refractivity contribution in [3.8, 4) is 0 Å². The van der Waals surface area contributed by atoms with E-state index < -0.39 is 0 Å². The molecular formula is C9H11NO2. The van der Waals surface area contributed by atoms with E-state index in [4.69, 9.17) is 5.73 Å². The van der Waals surface area contributed by atoms with Crippen molar-refractivity contribution in [1.29, 1.82) is 0 Å². The monoisotopic (exact) mass is 165 g/mol. The zero-order valence-corrected chi connectivity index (χ0v) is 7.39. The molecule has 1 rings (SSSR count). The van der Waals surface area contributed by atoms with Crippen molar-refractivity contribution in [3.63, 3.8) is 0 Å². The Kier molecular flexibility index (Phi) is 1.88. The lowest BCUT2D eigenvalue weighted by atomic mass is 9.90. The topological polar surface area (TPSA) is 60.2 Å². The fraction of sp³-hybridized carbons (Fsp3) is 0.333. The molecule has 64 valence electrons. The highest BCUT2D eigenvalue weighted by Crippen LogP contribution is 2.20. The number of nitrogens with two attached hydrogens (primary N) is 1. The minimum Gasteiger partial charge on any atom is -0.395 e. The van der Waals surface area contributed by atoms with Gasteiger partial charge in [-0.15, -0.1) is 0 Å². The first-order valence-corrected chi connectivity index (χ1v) is 3.70. The third-order valence-electron chi connectivity index (χ3n) is 2.23. The van der Waals surface area contributed by atoms with Crippen LogP contribution in [0.4, 0.5) is 0 Å². The number of carbonyl (C=O) groups excluding carboxylic acids is 2. The third kappa shape index (κ3) is 0.978. The summed E-state index contributed by atoms with van der Waals surface area (Å²) in [5, 5.41) is 0. The van der Waals surface area contributed by atoms with Crippen LogP contribution in [0.2, 0.25) is 0 Å². The molecule has 0 aromatic heterocycles. The largest absolute Gasteiger partial charge is 0.395 e. The van der Waals surface area contributed by atoms with Gasteiger partial charge in [0.05, 0.1) is 5.70 Å². The van der Waals surface area contributed by atoms with Gasteiger partial charge in [-0.3, -0.25) is 9.59 Å². The zero-order chi connectivity index (χ0) is 9.46. The quantitative estimate of drug-likeness (QED) is 0.538. The highest BCUT2D eigenvalue weighted by molar-refractivity contribution is 6.24. The highest BCUT2D eigenvalue weighted by atomic mass is 16.1. The van der Waals surface area contributed by atoms with E-state index in [-0.39, 0.29) is 17.3 Å². The highest BCUT2D eigenvalue weighted by Gasteiger charge is 2.25. The summed E-state index contributed by atoms with van der Waals surface area (Å²) in [6.45, 7) is 4.84. The van der Waals surface area contributed by atoms with Gasteiger partial charge in [0.25, 0.3) is 0 Å². The van der Waals surface area contributed by atoms with Gasteiger partial charge in [0.15, 0.2) is 5.78 Å². The predicted molar refractivity (Wildman–Crippen MR) is 45.3 cm³/mol. The Labute approximate surface area is 70.9 Å². The van der Waals surface area contributed by atoms with Crippen molar-refractivity contribution in [2.45, 2.75) is 20.8 Å². The van der Waals surface area contributed by atoms with Gasteiger partial charge in [0, 0.05) is 16.7 Å². The molecule has 3 nitrogen and oxygen atoms in total. The van der Waals surface area contributed by atoms with Crippen molar-refractivity contribution < 1.29 is 9.59 Å². The molecule has 0 aliphatic heterocycles. The van der Waals surface area contributed by atoms with Gasteiger partial charge >= 0.3 is 0 Å². The molecule has 0 unspecified atom stereocenters. The summed E-state index contributed by atoms with van der Waals surface area (Å²) in [5.41, 5.74) is 6.86. The van der Waals surface area contributed by atoms with Gasteiger partial charge < -0.3 is 5.73 Å². The summed E-state index contributed by atoms with van der Waals surface area (Å²) < 4.78 is 0. The normalized spacial score (nSPS) is 19.2. The molecule has 0 saturated heterocycles. The van der Waals surface area contributed by atoms with Gasteiger partial charge in [-0.2, -0.15) is 0 Å². The number of carbonyl (C=O) groups is 2. The maximum atomic E-state index is 11.3. The molecule has 0 aromatic carbocycles. The second-order valence-corrected chi connectivity index (χ2v) is 2.95. The van der Waals surface area contributed by atoms with Crippen LogP contribution >= 0.6 is 0 Å². The Hall–Kier alpha value is -1.38. The summed E-state index contributed by atoms with van der Waals surface area (Å²) in [6.07, 6.45) is 0. The van der Waals surface area contributed by atoms with Gasteiger partial charge in [0.1, 0.15) is 0 Å². The Morgan fingerprint density at radius 2 is 1.25 bits per heavy atom. The van der Waals surface area contributed by atoms with E-state index in [0.717, 1.165) is 0 Å². The molecule has 1 aliphatic rings. The van der Waals surface area contributed by atoms with Crippen LogP contribution in [0, 0.1) is 0 Å². The molecule has 1 aliphatic carbocycles. The SMILES string of the molecule is CC1=C(C)C(=O)C(N)=C(C)C1=O. The summed E-state index contributed by atoms with van der Waals surface area (Å²) >= 11 is 0. The summed E-state index contributed by atoms with van der Waals surface area (Å²) in [5.74, 6) is -0.339. The van der Waals surface area contributed by atoms with E-state index in [0.29, 0.717) is 16.7 Å². The molecule has 0 amide bonds. The van der Waals surface area contributed by atoms with Crippen LogP contribution in [0.5, 0.6) is 0 Å². The van der Waals surface area contributed by atoms with Crippen LogP contribution in [0.25, 0.3) is 0 Å². The predicted octanol–water partition coefficient (Wildman–Crippen LogP) is 0.707. The Balaban J connectivity index is 3.32. The lowest BCUT2D eigenvalue weighted by molar-refractivity contribution is -0.116. The van der Waals surface area contributed by atoms with Crippen LogP contribution < -0.4 is 5.73 Å². The van der Waals surface area contributed by atoms with E-state index in [1.54, 1.807) is 20.8 Å². The number of rotatable bonds is 0. The Bertz CT molecular complexity index is 272. The van der Waals surface area contributed by atoms with E-state index in [1.807, 2.05) is 0 Å². The molecule has 0 saturated carbocycles. The van der Waals surface area contributed by atoms with E-state index in [1.165, 1.54) is 0 Å². The van der Waals surface area contributed by atoms with Crippen LogP contribution in [0.1, 0.15) is 20.8 Å². The lowest BCUT2D eigenvalue weighted by Crippen LogP contribution is -2.25. The van der Waals surface area contributed by atoms with Crippen molar-refractivity contribution in [3.05, 3.63) is 22.4 Å². The standard InChI is InChI=1S/C9H11NO2/c1-4-5(2)9(12)7(10)6(3)8(4)11/h10H2,1-3H3. The van der Waals surface area contributed by atoms with Gasteiger partial charge in [-0.25, -0.2) is 0 Å². The molecule has 0 atom stereocenters. The van der Waals surface area contributed by atoms with E-state index in [9.17, 15) is 9.59 Å². The first-order valence-electron chi connectivity index (χ1n) is 3.70. The Morgan fingerprint density at radius 3 is 1.75 bits per heavy atom. The Morgan fingerprint density at radius 1 is 0.833 bits per heavy atom. The smallest absolute Gasteiger partial charge is 0.205 e. The van der Waals surface area contributed by atoms with Crippen molar-refractivity contribution >= 4 is 11.6 Å². The van der Waals surface area contributed by atoms with Crippen molar-refractivity contribution in [1.82, 2.24) is 0 Å². The molecule has 12 heavy (non-hydrogen) atoms. The summed E-state index contributed by atoms with van der Waals surface area (Å²) in [4.78, 5) is 22.6. The number of allylic oxidation sites excluding steroid dienone is 3. The van der Waals surface area contributed by atoms with Crippen LogP contribution in [0.3, 0.4) is 0 Å². The fourth-order valence-electron chi connectivity index (χ4n) is 1.12. The van der Waals surface area contributed by atoms with Crippen LogP contribution in [-0.2, 0) is 9.59 Å². The lowest BCUT2D eigenvalue weighted by Gasteiger charge is -2.14. The minimum atomic E-state index is -0.218. The van der Waals surface area contributed by atoms with E-state index in [2.05, 4.69) is 0 Å². The second-order valence-electron chi connectivity index (χ2n) is 2.95. The fourth-order valence-corrected chi connectivity index (χ4v) is 1.12. The molecule has 3 heteroatoms. The average Bonchev–Trinajstić information content (AvgIpc) is 2.08. The van der Waals surface area contributed by atoms with Crippen molar-refractivity contribution in [2.75, 3.05) is 0 Å². The molecule has 2 N–H and O–H groups in total. The van der Waals surface area contributed by atoms with Gasteiger partial charge in [-0.05, 0) is 20.8 Å². The maximum absolute atomic E-state index is 11.3. The van der Waals surface area contributed by atoms with E-state index >= 15 is 0 Å². The number of Topliss-reactive ketones (excluding diaryl/α,β-unsaturated/α-hetero) is 2. The summed E-state index contributed by atoms with van der Waals surface area (Å²) in [7, 11) is 0. The van der Waals surface area contributed by atoms with Crippen LogP contribution in [-0.4, -0.2) is 11.6 Å². The van der Waals surface area contributed by atoms with Crippen molar-refractivity contribution in [2.24, 2.45) is 5.73 Å². The molecular weight excluding hydrogens is 154 g/mol. The second kappa shape index (κ2) is 2.59. The summed E-state index contributed by atoms with van der Waals surface area (Å²) in [6, 6.07) is 0. The average molecular weight is 165 g/mol. The third-order valence-corrected chi connectivity index (χ3v) is 2.23. The van der Waals surface area contributed by atoms with Gasteiger partial charge in [0.2, 0.25) is 5.78 Å². The number of ketones is 2. The molecule has 0 fully saturated rings.